The van der Waals surface area contributed by atoms with Crippen molar-refractivity contribution in [1.82, 2.24) is 0 Å². The average molecular weight is 294 g/mol. The molecule has 1 aliphatic rings. The highest BCUT2D eigenvalue weighted by atomic mass is 32.2. The Hall–Kier alpha value is -1.24. The largest absolute Gasteiger partial charge is 0.493 e. The van der Waals surface area contributed by atoms with Gasteiger partial charge in [0, 0.05) is 6.26 Å². The third kappa shape index (κ3) is 3.02. The normalized spacial score (nSPS) is 18.1. The van der Waals surface area contributed by atoms with Gasteiger partial charge in [0.1, 0.15) is 17.8 Å². The zero-order valence-electron chi connectivity index (χ0n) is 10.2. The van der Waals surface area contributed by atoms with E-state index in [4.69, 9.17) is 4.74 Å². The number of hydrogen-bond donors (Lipinski definition) is 0. The summed E-state index contributed by atoms with van der Waals surface area (Å²) in [5.41, 5.74) is -1.72. The monoisotopic (exact) mass is 294 g/mol. The maximum absolute atomic E-state index is 12.7. The zero-order valence-corrected chi connectivity index (χ0v) is 11.0. The summed E-state index contributed by atoms with van der Waals surface area (Å²) >= 11 is 0. The number of hydrogen-bond acceptors (Lipinski definition) is 3. The Kier molecular flexibility index (Phi) is 3.28. The topological polar surface area (TPSA) is 43.4 Å². The van der Waals surface area contributed by atoms with Crippen molar-refractivity contribution in [3.05, 3.63) is 24.3 Å². The highest BCUT2D eigenvalue weighted by molar-refractivity contribution is 7.90. The molecule has 0 aromatic heterocycles. The standard InChI is InChI=1S/C12H13F3O3S/c1-19(16,17)10-4-2-9(3-5-10)18-8-11(6-7-11)12(13,14)15/h2-5H,6-8H2,1H3. The fraction of sp³-hybridized carbons (Fsp3) is 0.500. The van der Waals surface area contributed by atoms with E-state index in [0.717, 1.165) is 6.26 Å². The lowest BCUT2D eigenvalue weighted by Gasteiger charge is -2.19. The van der Waals surface area contributed by atoms with Gasteiger partial charge >= 0.3 is 6.18 Å². The Bertz CT molecular complexity index is 557. The molecule has 7 heteroatoms. The Morgan fingerprint density at radius 3 is 2.11 bits per heavy atom. The lowest BCUT2D eigenvalue weighted by Crippen LogP contribution is -2.30. The van der Waals surface area contributed by atoms with Gasteiger partial charge in [-0.1, -0.05) is 0 Å². The maximum Gasteiger partial charge on any atom is 0.397 e. The predicted molar refractivity (Wildman–Crippen MR) is 62.8 cm³/mol. The maximum atomic E-state index is 12.7. The molecule has 0 amide bonds. The number of ether oxygens (including phenoxy) is 1. The molecule has 0 bridgehead atoms. The molecule has 1 aromatic rings. The van der Waals surface area contributed by atoms with Crippen LogP contribution < -0.4 is 4.74 Å². The molecule has 19 heavy (non-hydrogen) atoms. The molecular formula is C12H13F3O3S. The van der Waals surface area contributed by atoms with Gasteiger partial charge in [0.05, 0.1) is 4.90 Å². The summed E-state index contributed by atoms with van der Waals surface area (Å²) in [7, 11) is -3.31. The lowest BCUT2D eigenvalue weighted by molar-refractivity contribution is -0.194. The van der Waals surface area contributed by atoms with Crippen LogP contribution in [0, 0.1) is 5.41 Å². The molecule has 0 aliphatic heterocycles. The van der Waals surface area contributed by atoms with Gasteiger partial charge < -0.3 is 4.74 Å². The molecule has 0 radical (unpaired) electrons. The lowest BCUT2D eigenvalue weighted by atomic mass is 10.1. The van der Waals surface area contributed by atoms with E-state index in [1.165, 1.54) is 24.3 Å². The Morgan fingerprint density at radius 1 is 1.21 bits per heavy atom. The predicted octanol–water partition coefficient (Wildman–Crippen LogP) is 2.81. The number of alkyl halides is 3. The molecule has 3 nitrogen and oxygen atoms in total. The summed E-state index contributed by atoms with van der Waals surface area (Å²) in [6, 6.07) is 5.36. The molecule has 0 heterocycles. The van der Waals surface area contributed by atoms with Crippen LogP contribution in [0.15, 0.2) is 29.2 Å². The summed E-state index contributed by atoms with van der Waals surface area (Å²) in [5.74, 6) is 0.239. The van der Waals surface area contributed by atoms with E-state index in [2.05, 4.69) is 0 Å². The zero-order chi connectivity index (χ0) is 14.3. The molecule has 106 valence electrons. The quantitative estimate of drug-likeness (QED) is 0.857. The van der Waals surface area contributed by atoms with Gasteiger partial charge in [0.2, 0.25) is 0 Å². The number of halogens is 3. The Balaban J connectivity index is 2.02. The first-order valence-corrected chi connectivity index (χ1v) is 7.53. The highest BCUT2D eigenvalue weighted by Crippen LogP contribution is 2.57. The second-order valence-electron chi connectivity index (χ2n) is 4.81. The molecule has 0 unspecified atom stereocenters. The summed E-state index contributed by atoms with van der Waals surface area (Å²) in [4.78, 5) is 0.108. The van der Waals surface area contributed by atoms with Gasteiger partial charge in [-0.3, -0.25) is 0 Å². The van der Waals surface area contributed by atoms with Crippen molar-refractivity contribution in [2.24, 2.45) is 5.41 Å². The van der Waals surface area contributed by atoms with Crippen molar-refractivity contribution in [3.63, 3.8) is 0 Å². The number of benzene rings is 1. The van der Waals surface area contributed by atoms with Crippen molar-refractivity contribution in [3.8, 4) is 5.75 Å². The van der Waals surface area contributed by atoms with Gasteiger partial charge in [-0.2, -0.15) is 13.2 Å². The highest BCUT2D eigenvalue weighted by Gasteiger charge is 2.63. The molecule has 0 atom stereocenters. The Morgan fingerprint density at radius 2 is 1.74 bits per heavy atom. The van der Waals surface area contributed by atoms with Crippen LogP contribution in [0.3, 0.4) is 0 Å². The van der Waals surface area contributed by atoms with Gasteiger partial charge in [0.25, 0.3) is 0 Å². The van der Waals surface area contributed by atoms with Crippen LogP contribution in [-0.2, 0) is 9.84 Å². The van der Waals surface area contributed by atoms with E-state index >= 15 is 0 Å². The van der Waals surface area contributed by atoms with Gasteiger partial charge in [-0.15, -0.1) is 0 Å². The average Bonchev–Trinajstić information content (AvgIpc) is 3.06. The minimum atomic E-state index is -4.25. The molecule has 1 aromatic carbocycles. The fourth-order valence-corrected chi connectivity index (χ4v) is 2.30. The van der Waals surface area contributed by atoms with Crippen molar-refractivity contribution < 1.29 is 26.3 Å². The minimum absolute atomic E-state index is 0.0813. The van der Waals surface area contributed by atoms with E-state index in [-0.39, 0.29) is 23.5 Å². The molecule has 1 fully saturated rings. The molecule has 2 rings (SSSR count). The van der Waals surface area contributed by atoms with E-state index in [1.54, 1.807) is 0 Å². The van der Waals surface area contributed by atoms with Crippen LogP contribution in [0.1, 0.15) is 12.8 Å². The van der Waals surface area contributed by atoms with E-state index in [1.807, 2.05) is 0 Å². The summed E-state index contributed by atoms with van der Waals surface area (Å²) in [5, 5.41) is 0. The summed E-state index contributed by atoms with van der Waals surface area (Å²) in [6.45, 7) is -0.422. The van der Waals surface area contributed by atoms with E-state index < -0.39 is 28.0 Å². The van der Waals surface area contributed by atoms with Crippen LogP contribution in [0.2, 0.25) is 0 Å². The first-order valence-electron chi connectivity index (χ1n) is 5.64. The van der Waals surface area contributed by atoms with Crippen LogP contribution in [0.25, 0.3) is 0 Å². The fourth-order valence-electron chi connectivity index (χ4n) is 1.67. The number of sulfone groups is 1. The molecule has 0 saturated heterocycles. The Labute approximate surface area is 109 Å². The summed E-state index contributed by atoms with van der Waals surface area (Å²) in [6.07, 6.45) is -3.03. The van der Waals surface area contributed by atoms with Crippen molar-refractivity contribution in [1.29, 1.82) is 0 Å². The smallest absolute Gasteiger partial charge is 0.397 e. The van der Waals surface area contributed by atoms with Crippen LogP contribution in [0.4, 0.5) is 13.2 Å². The van der Waals surface area contributed by atoms with E-state index in [9.17, 15) is 21.6 Å². The van der Waals surface area contributed by atoms with Crippen LogP contribution in [-0.4, -0.2) is 27.5 Å². The molecule has 1 aliphatic carbocycles. The first-order chi connectivity index (χ1) is 8.64. The van der Waals surface area contributed by atoms with Crippen LogP contribution in [0.5, 0.6) is 5.75 Å². The summed E-state index contributed by atoms with van der Waals surface area (Å²) < 4.78 is 65.5. The SMILES string of the molecule is CS(=O)(=O)c1ccc(OCC2(C(F)(F)F)CC2)cc1. The molecule has 0 N–H and O–H groups in total. The second kappa shape index (κ2) is 4.40. The van der Waals surface area contributed by atoms with Crippen molar-refractivity contribution in [2.45, 2.75) is 23.9 Å². The van der Waals surface area contributed by atoms with Gasteiger partial charge in [-0.05, 0) is 37.1 Å². The molecule has 0 spiro atoms. The van der Waals surface area contributed by atoms with Gasteiger partial charge in [-0.25, -0.2) is 8.42 Å². The van der Waals surface area contributed by atoms with E-state index in [0.29, 0.717) is 0 Å². The second-order valence-corrected chi connectivity index (χ2v) is 6.83. The molecular weight excluding hydrogens is 281 g/mol. The van der Waals surface area contributed by atoms with Crippen molar-refractivity contribution >= 4 is 9.84 Å². The van der Waals surface area contributed by atoms with Gasteiger partial charge in [0.15, 0.2) is 9.84 Å². The van der Waals surface area contributed by atoms with Crippen molar-refractivity contribution in [2.75, 3.05) is 12.9 Å². The molecule has 1 saturated carbocycles. The minimum Gasteiger partial charge on any atom is -0.493 e. The third-order valence-corrected chi connectivity index (χ3v) is 4.35. The first kappa shape index (κ1) is 14.2. The third-order valence-electron chi connectivity index (χ3n) is 3.22. The van der Waals surface area contributed by atoms with Crippen LogP contribution >= 0.6 is 0 Å². The number of rotatable bonds is 4.